The van der Waals surface area contributed by atoms with Gasteiger partial charge in [0.05, 0.1) is 19.8 Å². The summed E-state index contributed by atoms with van der Waals surface area (Å²) < 4.78 is 11.2. The van der Waals surface area contributed by atoms with E-state index in [2.05, 4.69) is 9.88 Å². The number of fused-ring (bicyclic) bond motifs is 1. The minimum Gasteiger partial charge on any atom is -0.384 e. The summed E-state index contributed by atoms with van der Waals surface area (Å²) in [6.45, 7) is 6.30. The zero-order valence-corrected chi connectivity index (χ0v) is 14.9. The Bertz CT molecular complexity index is 603. The Balaban J connectivity index is 1.34. The van der Waals surface area contributed by atoms with Crippen molar-refractivity contribution in [2.24, 2.45) is 11.3 Å². The molecule has 0 aliphatic carbocycles. The number of carbonyl (C=O) groups excluding carboxylic acids is 1. The van der Waals surface area contributed by atoms with Gasteiger partial charge >= 0.3 is 0 Å². The molecule has 6 nitrogen and oxygen atoms in total. The first-order chi connectivity index (χ1) is 12.2. The summed E-state index contributed by atoms with van der Waals surface area (Å²) in [5.74, 6) is 0.715. The van der Waals surface area contributed by atoms with E-state index in [1.165, 1.54) is 0 Å². The van der Waals surface area contributed by atoms with Gasteiger partial charge in [-0.15, -0.1) is 0 Å². The summed E-state index contributed by atoms with van der Waals surface area (Å²) in [5, 5.41) is 0. The molecule has 1 amide bonds. The van der Waals surface area contributed by atoms with E-state index in [1.54, 1.807) is 31.6 Å². The van der Waals surface area contributed by atoms with Crippen LogP contribution in [0, 0.1) is 11.3 Å². The van der Waals surface area contributed by atoms with Crippen molar-refractivity contribution in [3.05, 3.63) is 30.1 Å². The van der Waals surface area contributed by atoms with Gasteiger partial charge < -0.3 is 14.4 Å². The van der Waals surface area contributed by atoms with E-state index in [0.29, 0.717) is 12.0 Å². The van der Waals surface area contributed by atoms with Gasteiger partial charge in [-0.2, -0.15) is 0 Å². The summed E-state index contributed by atoms with van der Waals surface area (Å²) in [4.78, 5) is 21.2. The topological polar surface area (TPSA) is 54.9 Å². The molecule has 0 N–H and O–H groups in total. The fraction of sp³-hybridized carbons (Fsp3) is 0.684. The van der Waals surface area contributed by atoms with Crippen molar-refractivity contribution < 1.29 is 14.3 Å². The molecule has 0 bridgehead atoms. The van der Waals surface area contributed by atoms with Crippen molar-refractivity contribution in [3.8, 4) is 0 Å². The number of amides is 1. The number of methoxy groups -OCH3 is 1. The van der Waals surface area contributed by atoms with Gasteiger partial charge in [-0.3, -0.25) is 14.7 Å². The van der Waals surface area contributed by atoms with E-state index in [4.69, 9.17) is 9.47 Å². The Labute approximate surface area is 149 Å². The molecule has 1 aromatic rings. The number of hydrogen-bond donors (Lipinski definition) is 0. The van der Waals surface area contributed by atoms with E-state index in [0.717, 1.165) is 64.4 Å². The number of carbonyl (C=O) groups is 1. The van der Waals surface area contributed by atoms with E-state index < -0.39 is 0 Å². The van der Waals surface area contributed by atoms with Crippen LogP contribution < -0.4 is 0 Å². The third kappa shape index (κ3) is 3.18. The number of rotatable bonds is 4. The van der Waals surface area contributed by atoms with Crippen LogP contribution in [0.1, 0.15) is 23.2 Å². The molecular weight excluding hydrogens is 318 g/mol. The first-order valence-electron chi connectivity index (χ1n) is 9.22. The Morgan fingerprint density at radius 1 is 1.36 bits per heavy atom. The minimum atomic E-state index is 0.128. The zero-order valence-electron chi connectivity index (χ0n) is 14.9. The van der Waals surface area contributed by atoms with Crippen molar-refractivity contribution in [2.75, 3.05) is 53.1 Å². The molecule has 1 aromatic heterocycles. The lowest BCUT2D eigenvalue weighted by Gasteiger charge is -2.37. The highest BCUT2D eigenvalue weighted by molar-refractivity contribution is 5.94. The molecule has 0 aromatic carbocycles. The lowest BCUT2D eigenvalue weighted by atomic mass is 9.82. The van der Waals surface area contributed by atoms with Crippen LogP contribution in [0.2, 0.25) is 0 Å². The van der Waals surface area contributed by atoms with E-state index >= 15 is 0 Å². The molecule has 0 radical (unpaired) electrons. The number of piperidine rings is 1. The molecule has 3 saturated heterocycles. The molecule has 4 heterocycles. The summed E-state index contributed by atoms with van der Waals surface area (Å²) >= 11 is 0. The highest BCUT2D eigenvalue weighted by Crippen LogP contribution is 2.43. The van der Waals surface area contributed by atoms with E-state index in [9.17, 15) is 4.79 Å². The van der Waals surface area contributed by atoms with Gasteiger partial charge in [-0.05, 0) is 25.0 Å². The Morgan fingerprint density at radius 3 is 2.84 bits per heavy atom. The molecule has 3 aliphatic rings. The highest BCUT2D eigenvalue weighted by Gasteiger charge is 2.52. The first-order valence-corrected chi connectivity index (χ1v) is 9.22. The predicted molar refractivity (Wildman–Crippen MR) is 93.4 cm³/mol. The molecule has 0 spiro atoms. The molecule has 3 aliphatic heterocycles. The minimum absolute atomic E-state index is 0.128. The molecule has 3 fully saturated rings. The number of nitrogens with zero attached hydrogens (tertiary/aromatic N) is 3. The van der Waals surface area contributed by atoms with Crippen molar-refractivity contribution >= 4 is 5.91 Å². The molecule has 0 saturated carbocycles. The van der Waals surface area contributed by atoms with Gasteiger partial charge in [0, 0.05) is 68.6 Å². The molecule has 2 atom stereocenters. The van der Waals surface area contributed by atoms with E-state index in [-0.39, 0.29) is 11.3 Å². The molecule has 136 valence electrons. The van der Waals surface area contributed by atoms with Gasteiger partial charge in [0.2, 0.25) is 0 Å². The van der Waals surface area contributed by atoms with Gasteiger partial charge in [-0.25, -0.2) is 0 Å². The van der Waals surface area contributed by atoms with Gasteiger partial charge in [0.25, 0.3) is 5.91 Å². The van der Waals surface area contributed by atoms with Gasteiger partial charge in [-0.1, -0.05) is 0 Å². The third-order valence-electron chi connectivity index (χ3n) is 6.17. The average molecular weight is 345 g/mol. The van der Waals surface area contributed by atoms with Crippen LogP contribution in [0.25, 0.3) is 0 Å². The summed E-state index contributed by atoms with van der Waals surface area (Å²) in [7, 11) is 1.79. The van der Waals surface area contributed by atoms with Crippen LogP contribution in [0.5, 0.6) is 0 Å². The fourth-order valence-electron chi connectivity index (χ4n) is 4.75. The smallest absolute Gasteiger partial charge is 0.253 e. The number of aromatic nitrogens is 1. The number of ether oxygens (including phenoxy) is 2. The second kappa shape index (κ2) is 7.02. The molecule has 4 rings (SSSR count). The van der Waals surface area contributed by atoms with Crippen molar-refractivity contribution in [1.29, 1.82) is 0 Å². The monoisotopic (exact) mass is 345 g/mol. The van der Waals surface area contributed by atoms with Crippen LogP contribution in [-0.2, 0) is 9.47 Å². The van der Waals surface area contributed by atoms with Gasteiger partial charge in [0.15, 0.2) is 0 Å². The lowest BCUT2D eigenvalue weighted by molar-refractivity contribution is 0.0396. The molecular formula is C19H27N3O3. The van der Waals surface area contributed by atoms with Crippen molar-refractivity contribution in [3.63, 3.8) is 0 Å². The zero-order chi connectivity index (χ0) is 17.3. The maximum atomic E-state index is 12.6. The van der Waals surface area contributed by atoms with E-state index in [1.807, 2.05) is 4.90 Å². The maximum absolute atomic E-state index is 12.6. The van der Waals surface area contributed by atoms with Crippen molar-refractivity contribution in [2.45, 2.75) is 18.9 Å². The summed E-state index contributed by atoms with van der Waals surface area (Å²) in [6, 6.07) is 4.16. The number of likely N-dealkylation sites (tertiary alicyclic amines) is 2. The van der Waals surface area contributed by atoms with Crippen LogP contribution in [0.15, 0.2) is 24.5 Å². The standard InChI is InChI=1S/C19H27N3O3/c1-24-13-19-12-22(10-16(19)11-25-14-19)17-4-8-21(9-5-17)18(23)15-2-6-20-7-3-15/h2-3,6-7,16-17H,4-5,8-14H2,1H3/t16-,19-/m0/s1. The first kappa shape index (κ1) is 16.9. The quantitative estimate of drug-likeness (QED) is 0.823. The van der Waals surface area contributed by atoms with Crippen LogP contribution >= 0.6 is 0 Å². The summed E-state index contributed by atoms with van der Waals surface area (Å²) in [5.41, 5.74) is 0.916. The second-order valence-corrected chi connectivity index (χ2v) is 7.70. The molecule has 6 heteroatoms. The Morgan fingerprint density at radius 2 is 2.12 bits per heavy atom. The number of hydrogen-bond acceptors (Lipinski definition) is 5. The predicted octanol–water partition coefficient (Wildman–Crippen LogP) is 1.28. The SMILES string of the molecule is COC[C@@]12COC[C@@H]1CN(C1CCN(C(=O)c3ccncc3)CC1)C2. The number of pyridine rings is 1. The highest BCUT2D eigenvalue weighted by atomic mass is 16.5. The third-order valence-corrected chi connectivity index (χ3v) is 6.17. The average Bonchev–Trinajstić information content (AvgIpc) is 3.19. The Kier molecular flexibility index (Phi) is 4.75. The van der Waals surface area contributed by atoms with Gasteiger partial charge in [0.1, 0.15) is 0 Å². The van der Waals surface area contributed by atoms with Crippen LogP contribution in [0.4, 0.5) is 0 Å². The Hall–Kier alpha value is -1.50. The second-order valence-electron chi connectivity index (χ2n) is 7.70. The largest absolute Gasteiger partial charge is 0.384 e. The normalized spacial score (nSPS) is 30.6. The summed E-state index contributed by atoms with van der Waals surface area (Å²) in [6.07, 6.45) is 5.46. The molecule has 0 unspecified atom stereocenters. The maximum Gasteiger partial charge on any atom is 0.253 e. The lowest BCUT2D eigenvalue weighted by Crippen LogP contribution is -2.47. The van der Waals surface area contributed by atoms with Crippen molar-refractivity contribution in [1.82, 2.24) is 14.8 Å². The molecule has 25 heavy (non-hydrogen) atoms. The fourth-order valence-corrected chi connectivity index (χ4v) is 4.75. The van der Waals surface area contributed by atoms with Crippen LogP contribution in [-0.4, -0.2) is 79.8 Å². The van der Waals surface area contributed by atoms with Crippen LogP contribution in [0.3, 0.4) is 0 Å².